The molecule has 0 unspecified atom stereocenters. The second-order valence-corrected chi connectivity index (χ2v) is 6.06. The molecule has 1 rings (SSSR count). The van der Waals surface area contributed by atoms with E-state index in [9.17, 15) is 0 Å². The molecule has 0 aliphatic rings. The van der Waals surface area contributed by atoms with Gasteiger partial charge >= 0.3 is 0 Å². The van der Waals surface area contributed by atoms with Gasteiger partial charge in [-0.15, -0.1) is 0 Å². The number of nitrogens with zero attached hydrogens (tertiary/aromatic N) is 3. The van der Waals surface area contributed by atoms with Crippen LogP contribution in [0.2, 0.25) is 0 Å². The summed E-state index contributed by atoms with van der Waals surface area (Å²) in [5.74, 6) is 0. The topological polar surface area (TPSA) is 10.8 Å². The molecule has 0 N–H and O–H groups in total. The van der Waals surface area contributed by atoms with Gasteiger partial charge in [-0.2, -0.15) is 0 Å². The van der Waals surface area contributed by atoms with Crippen LogP contribution in [0.5, 0.6) is 0 Å². The summed E-state index contributed by atoms with van der Waals surface area (Å²) in [6, 6.07) is 7.94. The highest BCUT2D eigenvalue weighted by Crippen LogP contribution is 2.13. The molecule has 1 aromatic rings. The molecule has 0 spiro atoms. The Bertz CT molecular complexity index is 427. The van der Waals surface area contributed by atoms with Gasteiger partial charge in [0.2, 0.25) is 0 Å². The minimum absolute atomic E-state index is 0.721. The third-order valence-electron chi connectivity index (χ3n) is 3.86. The molecule has 0 bridgehead atoms. The predicted molar refractivity (Wildman–Crippen MR) is 95.3 cm³/mol. The van der Waals surface area contributed by atoms with Crippen LogP contribution in [-0.2, 0) is 6.54 Å². The summed E-state index contributed by atoms with van der Waals surface area (Å²) in [6.07, 6.45) is 5.03. The van der Waals surface area contributed by atoms with Gasteiger partial charge in [0.15, 0.2) is 5.69 Å². The van der Waals surface area contributed by atoms with Crippen LogP contribution < -0.4 is 0 Å². The molecule has 0 saturated heterocycles. The van der Waals surface area contributed by atoms with Gasteiger partial charge in [-0.05, 0) is 64.5 Å². The predicted octanol–water partition coefficient (Wildman–Crippen LogP) is 4.57. The number of benzene rings is 1. The highest BCUT2D eigenvalue weighted by molar-refractivity contribution is 5.45. The standard InChI is InChI=1S/C19H31N3/c1-5-13-22(14-6-2)16-8-7-15-21(4)17-18-9-11-19(20-3)12-10-18/h9-12H,5-8,13-17H2,1-2,4H3. The molecule has 0 radical (unpaired) electrons. The number of rotatable bonds is 11. The fourth-order valence-electron chi connectivity index (χ4n) is 2.75. The third kappa shape index (κ3) is 7.59. The van der Waals surface area contributed by atoms with Gasteiger partial charge in [0.1, 0.15) is 0 Å². The van der Waals surface area contributed by atoms with E-state index in [1.54, 1.807) is 0 Å². The highest BCUT2D eigenvalue weighted by Gasteiger charge is 2.04. The fraction of sp³-hybridized carbons (Fsp3) is 0.632. The molecular weight excluding hydrogens is 270 g/mol. The Morgan fingerprint density at radius 2 is 1.50 bits per heavy atom. The summed E-state index contributed by atoms with van der Waals surface area (Å²) in [7, 11) is 2.18. The van der Waals surface area contributed by atoms with Crippen LogP contribution in [0.3, 0.4) is 0 Å². The molecule has 0 saturated carbocycles. The zero-order valence-electron chi connectivity index (χ0n) is 14.5. The first-order valence-corrected chi connectivity index (χ1v) is 8.56. The first-order chi connectivity index (χ1) is 10.7. The molecule has 0 aromatic heterocycles. The van der Waals surface area contributed by atoms with E-state index in [0.717, 1.165) is 18.8 Å². The van der Waals surface area contributed by atoms with E-state index >= 15 is 0 Å². The van der Waals surface area contributed by atoms with Crippen molar-refractivity contribution >= 4 is 5.69 Å². The average molecular weight is 301 g/mol. The van der Waals surface area contributed by atoms with Crippen LogP contribution in [0.4, 0.5) is 5.69 Å². The maximum absolute atomic E-state index is 6.97. The Morgan fingerprint density at radius 3 is 2.05 bits per heavy atom. The minimum atomic E-state index is 0.721. The van der Waals surface area contributed by atoms with Gasteiger partial charge < -0.3 is 9.80 Å². The Morgan fingerprint density at radius 1 is 0.909 bits per heavy atom. The zero-order chi connectivity index (χ0) is 16.2. The molecular formula is C19H31N3. The smallest absolute Gasteiger partial charge is 0.187 e. The van der Waals surface area contributed by atoms with Crippen LogP contribution in [0, 0.1) is 6.57 Å². The molecule has 3 nitrogen and oxygen atoms in total. The fourth-order valence-corrected chi connectivity index (χ4v) is 2.75. The maximum atomic E-state index is 6.97. The number of hydrogen-bond donors (Lipinski definition) is 0. The molecule has 122 valence electrons. The van der Waals surface area contributed by atoms with Crippen molar-refractivity contribution in [3.63, 3.8) is 0 Å². The minimum Gasteiger partial charge on any atom is -0.303 e. The number of unbranched alkanes of at least 4 members (excludes halogenated alkanes) is 1. The molecule has 0 aliphatic carbocycles. The summed E-state index contributed by atoms with van der Waals surface area (Å²) >= 11 is 0. The van der Waals surface area contributed by atoms with Crippen LogP contribution >= 0.6 is 0 Å². The first-order valence-electron chi connectivity index (χ1n) is 8.56. The van der Waals surface area contributed by atoms with Crippen LogP contribution in [0.25, 0.3) is 4.85 Å². The first kappa shape index (κ1) is 18.7. The van der Waals surface area contributed by atoms with Gasteiger partial charge in [0.25, 0.3) is 0 Å². The van der Waals surface area contributed by atoms with E-state index in [1.807, 2.05) is 12.1 Å². The molecule has 22 heavy (non-hydrogen) atoms. The summed E-state index contributed by atoms with van der Waals surface area (Å²) < 4.78 is 0. The van der Waals surface area contributed by atoms with Crippen molar-refractivity contribution in [1.82, 2.24) is 9.80 Å². The van der Waals surface area contributed by atoms with E-state index in [0.29, 0.717) is 0 Å². The summed E-state index contributed by atoms with van der Waals surface area (Å²) in [5, 5.41) is 0. The van der Waals surface area contributed by atoms with Gasteiger partial charge in [-0.25, -0.2) is 4.85 Å². The van der Waals surface area contributed by atoms with Crippen molar-refractivity contribution in [2.75, 3.05) is 33.2 Å². The van der Waals surface area contributed by atoms with Crippen molar-refractivity contribution in [3.8, 4) is 0 Å². The summed E-state index contributed by atoms with van der Waals surface area (Å²) in [6.45, 7) is 17.3. The lowest BCUT2D eigenvalue weighted by atomic mass is 10.2. The Kier molecular flexibility index (Phi) is 9.54. The summed E-state index contributed by atoms with van der Waals surface area (Å²) in [5.41, 5.74) is 2.01. The van der Waals surface area contributed by atoms with Crippen molar-refractivity contribution in [3.05, 3.63) is 41.2 Å². The van der Waals surface area contributed by atoms with Crippen LogP contribution in [-0.4, -0.2) is 43.0 Å². The lowest BCUT2D eigenvalue weighted by molar-refractivity contribution is 0.255. The Hall–Kier alpha value is -1.37. The monoisotopic (exact) mass is 301 g/mol. The van der Waals surface area contributed by atoms with Gasteiger partial charge in [0.05, 0.1) is 6.57 Å². The lowest BCUT2D eigenvalue weighted by Crippen LogP contribution is -2.27. The molecule has 0 atom stereocenters. The molecule has 1 aromatic carbocycles. The van der Waals surface area contributed by atoms with Crippen LogP contribution in [0.1, 0.15) is 45.1 Å². The highest BCUT2D eigenvalue weighted by atomic mass is 15.1. The molecule has 0 heterocycles. The van der Waals surface area contributed by atoms with Crippen molar-refractivity contribution < 1.29 is 0 Å². The van der Waals surface area contributed by atoms with E-state index < -0.39 is 0 Å². The normalized spacial score (nSPS) is 11.1. The molecule has 0 aliphatic heterocycles. The average Bonchev–Trinajstić information content (AvgIpc) is 2.52. The molecule has 3 heteroatoms. The largest absolute Gasteiger partial charge is 0.303 e. The maximum Gasteiger partial charge on any atom is 0.187 e. The quantitative estimate of drug-likeness (QED) is 0.438. The van der Waals surface area contributed by atoms with Gasteiger partial charge in [-0.3, -0.25) is 0 Å². The van der Waals surface area contributed by atoms with E-state index in [2.05, 4.69) is 47.7 Å². The SMILES string of the molecule is [C-]#[N+]c1ccc(CN(C)CCCCN(CCC)CCC)cc1. The third-order valence-corrected chi connectivity index (χ3v) is 3.86. The van der Waals surface area contributed by atoms with Crippen LogP contribution in [0.15, 0.2) is 24.3 Å². The zero-order valence-corrected chi connectivity index (χ0v) is 14.5. The van der Waals surface area contributed by atoms with E-state index in [-0.39, 0.29) is 0 Å². The molecule has 0 fully saturated rings. The van der Waals surface area contributed by atoms with E-state index in [4.69, 9.17) is 6.57 Å². The second kappa shape index (κ2) is 11.2. The van der Waals surface area contributed by atoms with Crippen molar-refractivity contribution in [2.45, 2.75) is 46.1 Å². The molecule has 0 amide bonds. The van der Waals surface area contributed by atoms with Gasteiger partial charge in [-0.1, -0.05) is 38.1 Å². The second-order valence-electron chi connectivity index (χ2n) is 6.06. The number of hydrogen-bond acceptors (Lipinski definition) is 2. The summed E-state index contributed by atoms with van der Waals surface area (Å²) in [4.78, 5) is 8.39. The van der Waals surface area contributed by atoms with Crippen molar-refractivity contribution in [2.24, 2.45) is 0 Å². The lowest BCUT2D eigenvalue weighted by Gasteiger charge is -2.22. The Balaban J connectivity index is 2.22. The Labute approximate surface area is 136 Å². The van der Waals surface area contributed by atoms with Gasteiger partial charge in [0, 0.05) is 6.54 Å². The van der Waals surface area contributed by atoms with Crippen molar-refractivity contribution in [1.29, 1.82) is 0 Å². The van der Waals surface area contributed by atoms with E-state index in [1.165, 1.54) is 50.9 Å².